The summed E-state index contributed by atoms with van der Waals surface area (Å²) in [6, 6.07) is 0. The van der Waals surface area contributed by atoms with Crippen LogP contribution in [0.15, 0.2) is 0 Å². The minimum absolute atomic E-state index is 0.777. The van der Waals surface area contributed by atoms with Crippen molar-refractivity contribution in [3.05, 3.63) is 0 Å². The Labute approximate surface area is 169 Å². The van der Waals surface area contributed by atoms with Crippen LogP contribution < -0.4 is 0 Å². The SMILES string of the molecule is C1CCCCCC2(CCCCC1)OOC1(CCCC1)OOC1(CCCC1)OO2. The van der Waals surface area contributed by atoms with Crippen LogP contribution in [-0.2, 0) is 29.3 Å². The molecule has 6 nitrogen and oxygen atoms in total. The Morgan fingerprint density at radius 1 is 0.250 bits per heavy atom. The van der Waals surface area contributed by atoms with Crippen molar-refractivity contribution in [1.82, 2.24) is 0 Å². The van der Waals surface area contributed by atoms with Gasteiger partial charge in [0.2, 0.25) is 17.4 Å². The smallest absolute Gasteiger partial charge is 0.195 e. The average Bonchev–Trinajstić information content (AvgIpc) is 3.37. The molecule has 6 heteroatoms. The number of rotatable bonds is 0. The zero-order chi connectivity index (χ0) is 19.2. The average molecular weight is 399 g/mol. The first-order valence-electron chi connectivity index (χ1n) is 11.8. The highest BCUT2D eigenvalue weighted by atomic mass is 17.4. The topological polar surface area (TPSA) is 55.4 Å². The molecule has 1 heterocycles. The Balaban J connectivity index is 1.51. The third-order valence-electron chi connectivity index (χ3n) is 6.88. The van der Waals surface area contributed by atoms with Crippen molar-refractivity contribution in [2.24, 2.45) is 0 Å². The molecule has 28 heavy (non-hydrogen) atoms. The molecular formula is C22H38O6. The Kier molecular flexibility index (Phi) is 7.29. The van der Waals surface area contributed by atoms with E-state index in [9.17, 15) is 0 Å². The van der Waals surface area contributed by atoms with E-state index in [-0.39, 0.29) is 0 Å². The lowest BCUT2D eigenvalue weighted by Crippen LogP contribution is -2.41. The first-order chi connectivity index (χ1) is 13.7. The first kappa shape index (κ1) is 21.0. The Morgan fingerprint density at radius 3 is 0.679 bits per heavy atom. The van der Waals surface area contributed by atoms with Gasteiger partial charge in [-0.2, -0.15) is 29.3 Å². The molecule has 4 rings (SSSR count). The van der Waals surface area contributed by atoms with E-state index < -0.39 is 17.4 Å². The lowest BCUT2D eigenvalue weighted by atomic mass is 9.97. The standard InChI is InChI=1S/C22H38O6/c1-2-4-6-8-14-20(15-9-7-5-3-1)23-25-21(16-10-11-17-21)27-28-22(26-24-20)18-12-13-19-22/h1-19H2. The van der Waals surface area contributed by atoms with Crippen LogP contribution in [0.2, 0.25) is 0 Å². The molecule has 4 aliphatic rings. The molecule has 0 aromatic heterocycles. The summed E-state index contributed by atoms with van der Waals surface area (Å²) in [5, 5.41) is 0. The summed E-state index contributed by atoms with van der Waals surface area (Å²) >= 11 is 0. The molecule has 3 spiro atoms. The van der Waals surface area contributed by atoms with Crippen molar-refractivity contribution in [3.63, 3.8) is 0 Å². The van der Waals surface area contributed by atoms with Gasteiger partial charge in [-0.3, -0.25) is 0 Å². The van der Waals surface area contributed by atoms with Crippen molar-refractivity contribution in [2.75, 3.05) is 0 Å². The van der Waals surface area contributed by atoms with Crippen molar-refractivity contribution in [1.29, 1.82) is 0 Å². The van der Waals surface area contributed by atoms with Gasteiger partial charge in [-0.15, -0.1) is 0 Å². The molecule has 0 radical (unpaired) electrons. The fourth-order valence-electron chi connectivity index (χ4n) is 4.98. The molecule has 0 N–H and O–H groups in total. The Hall–Kier alpha value is -0.240. The third kappa shape index (κ3) is 5.27. The van der Waals surface area contributed by atoms with Crippen molar-refractivity contribution < 1.29 is 29.3 Å². The minimum atomic E-state index is -0.874. The zero-order valence-corrected chi connectivity index (χ0v) is 17.4. The quantitative estimate of drug-likeness (QED) is 0.441. The minimum Gasteiger partial charge on any atom is -0.195 e. The molecule has 0 atom stereocenters. The van der Waals surface area contributed by atoms with Crippen LogP contribution in [-0.4, -0.2) is 17.4 Å². The molecule has 0 aromatic rings. The van der Waals surface area contributed by atoms with Crippen molar-refractivity contribution in [2.45, 2.75) is 139 Å². The maximum Gasteiger partial charge on any atom is 0.234 e. The fraction of sp³-hybridized carbons (Fsp3) is 1.00. The van der Waals surface area contributed by atoms with Gasteiger partial charge in [-0.05, 0) is 38.5 Å². The maximum atomic E-state index is 6.08. The van der Waals surface area contributed by atoms with Crippen LogP contribution >= 0.6 is 0 Å². The second kappa shape index (κ2) is 9.71. The van der Waals surface area contributed by atoms with Gasteiger partial charge in [0.05, 0.1) is 0 Å². The molecule has 3 aliphatic carbocycles. The van der Waals surface area contributed by atoms with Gasteiger partial charge in [-0.1, -0.05) is 44.9 Å². The van der Waals surface area contributed by atoms with Crippen LogP contribution in [0.25, 0.3) is 0 Å². The molecule has 4 fully saturated rings. The van der Waals surface area contributed by atoms with Crippen LogP contribution in [0, 0.1) is 0 Å². The lowest BCUT2D eigenvalue weighted by molar-refractivity contribution is -0.550. The summed E-state index contributed by atoms with van der Waals surface area (Å²) in [5.41, 5.74) is 0. The maximum absolute atomic E-state index is 6.08. The second-order valence-corrected chi connectivity index (χ2v) is 9.33. The van der Waals surface area contributed by atoms with Crippen LogP contribution in [0.4, 0.5) is 0 Å². The second-order valence-electron chi connectivity index (χ2n) is 9.33. The highest BCUT2D eigenvalue weighted by molar-refractivity contribution is 4.80. The van der Waals surface area contributed by atoms with Crippen molar-refractivity contribution >= 4 is 0 Å². The van der Waals surface area contributed by atoms with Crippen LogP contribution in [0.1, 0.15) is 122 Å². The Morgan fingerprint density at radius 2 is 0.429 bits per heavy atom. The fourth-order valence-corrected chi connectivity index (χ4v) is 4.98. The van der Waals surface area contributed by atoms with Gasteiger partial charge >= 0.3 is 0 Å². The molecular weight excluding hydrogens is 360 g/mol. The summed E-state index contributed by atoms with van der Waals surface area (Å²) in [5.74, 6) is -2.53. The van der Waals surface area contributed by atoms with Gasteiger partial charge in [0.1, 0.15) is 0 Å². The molecule has 1 saturated heterocycles. The van der Waals surface area contributed by atoms with Gasteiger partial charge in [0.25, 0.3) is 0 Å². The summed E-state index contributed by atoms with van der Waals surface area (Å²) < 4.78 is 0. The van der Waals surface area contributed by atoms with E-state index in [0.29, 0.717) is 0 Å². The first-order valence-corrected chi connectivity index (χ1v) is 11.8. The summed E-state index contributed by atoms with van der Waals surface area (Å²) in [4.78, 5) is 35.9. The number of hydrogen-bond acceptors (Lipinski definition) is 6. The molecule has 0 unspecified atom stereocenters. The van der Waals surface area contributed by atoms with E-state index in [1.165, 1.54) is 44.9 Å². The van der Waals surface area contributed by atoms with E-state index in [1.807, 2.05) is 0 Å². The van der Waals surface area contributed by atoms with Crippen LogP contribution in [0.5, 0.6) is 0 Å². The molecule has 0 amide bonds. The van der Waals surface area contributed by atoms with Gasteiger partial charge < -0.3 is 0 Å². The van der Waals surface area contributed by atoms with Crippen molar-refractivity contribution in [3.8, 4) is 0 Å². The van der Waals surface area contributed by atoms with E-state index in [2.05, 4.69) is 0 Å². The zero-order valence-electron chi connectivity index (χ0n) is 17.4. The lowest BCUT2D eigenvalue weighted by Gasteiger charge is -2.33. The molecule has 1 aliphatic heterocycles. The Bertz CT molecular complexity index is 428. The van der Waals surface area contributed by atoms with Crippen LogP contribution in [0.3, 0.4) is 0 Å². The van der Waals surface area contributed by atoms with E-state index >= 15 is 0 Å². The normalized spacial score (nSPS) is 31.7. The van der Waals surface area contributed by atoms with E-state index in [1.54, 1.807) is 0 Å². The van der Waals surface area contributed by atoms with E-state index in [0.717, 1.165) is 77.0 Å². The van der Waals surface area contributed by atoms with E-state index in [4.69, 9.17) is 29.3 Å². The van der Waals surface area contributed by atoms with Gasteiger partial charge in [0.15, 0.2) is 0 Å². The monoisotopic (exact) mass is 398 g/mol. The predicted octanol–water partition coefficient (Wildman–Crippen LogP) is 6.39. The highest BCUT2D eigenvalue weighted by Crippen LogP contribution is 2.44. The summed E-state index contributed by atoms with van der Waals surface area (Å²) in [7, 11) is 0. The molecule has 162 valence electrons. The molecule has 0 aromatic carbocycles. The van der Waals surface area contributed by atoms with Gasteiger partial charge in [-0.25, -0.2) is 0 Å². The highest BCUT2D eigenvalue weighted by Gasteiger charge is 2.50. The van der Waals surface area contributed by atoms with Gasteiger partial charge in [0, 0.05) is 38.5 Å². The predicted molar refractivity (Wildman–Crippen MR) is 102 cm³/mol. The summed E-state index contributed by atoms with van der Waals surface area (Å²) in [6.45, 7) is 0. The number of hydrogen-bond donors (Lipinski definition) is 0. The summed E-state index contributed by atoms with van der Waals surface area (Å²) in [6.07, 6.45) is 19.9. The largest absolute Gasteiger partial charge is 0.234 e. The molecule has 3 saturated carbocycles. The molecule has 0 bridgehead atoms. The third-order valence-corrected chi connectivity index (χ3v) is 6.88.